The first kappa shape index (κ1) is 17.9. The Bertz CT molecular complexity index is 859. The summed E-state index contributed by atoms with van der Waals surface area (Å²) in [5.41, 5.74) is 3.47. The Morgan fingerprint density at radius 2 is 1.80 bits per heavy atom. The lowest BCUT2D eigenvalue weighted by atomic mass is 10.0. The zero-order chi connectivity index (χ0) is 18.1. The van der Waals surface area contributed by atoms with Crippen LogP contribution < -0.4 is 15.2 Å². The van der Waals surface area contributed by atoms with E-state index < -0.39 is 10.0 Å². The molecule has 0 radical (unpaired) electrons. The van der Waals surface area contributed by atoms with Gasteiger partial charge in [0.1, 0.15) is 11.4 Å². The van der Waals surface area contributed by atoms with Crippen LogP contribution in [0.4, 0.5) is 0 Å². The van der Waals surface area contributed by atoms with Crippen LogP contribution in [0.3, 0.4) is 0 Å². The summed E-state index contributed by atoms with van der Waals surface area (Å²) in [5, 5.41) is 8.52. The van der Waals surface area contributed by atoms with Crippen molar-refractivity contribution in [2.24, 2.45) is 5.14 Å². The molecule has 0 saturated carbocycles. The fraction of sp³-hybridized carbons (Fsp3) is 0.368. The average molecular weight is 360 g/mol. The molecule has 1 aliphatic heterocycles. The Kier molecular flexibility index (Phi) is 4.86. The van der Waals surface area contributed by atoms with Crippen LogP contribution in [-0.4, -0.2) is 20.6 Å². The Morgan fingerprint density at radius 3 is 2.48 bits per heavy atom. The van der Waals surface area contributed by atoms with Gasteiger partial charge in [0.2, 0.25) is 10.0 Å². The molecule has 3 N–H and O–H groups in total. The molecule has 0 aromatic heterocycles. The summed E-state index contributed by atoms with van der Waals surface area (Å²) in [6, 6.07) is 13.0. The molecule has 0 aliphatic carbocycles. The van der Waals surface area contributed by atoms with Gasteiger partial charge in [-0.05, 0) is 61.7 Å². The molecular formula is C19H24N2O3S. The SMILES string of the molecule is CC1(C)Cc2cc(CNCCc3ccc(S(N)(=O)=O)cc3)ccc2O1. The van der Waals surface area contributed by atoms with Crippen molar-refractivity contribution >= 4 is 10.0 Å². The highest BCUT2D eigenvalue weighted by molar-refractivity contribution is 7.89. The lowest BCUT2D eigenvalue weighted by Crippen LogP contribution is -2.24. The van der Waals surface area contributed by atoms with Gasteiger partial charge in [0.05, 0.1) is 4.90 Å². The predicted octanol–water partition coefficient (Wildman–Crippen LogP) is 2.38. The summed E-state index contributed by atoms with van der Waals surface area (Å²) in [6.45, 7) is 5.81. The van der Waals surface area contributed by atoms with E-state index in [-0.39, 0.29) is 10.5 Å². The number of benzene rings is 2. The van der Waals surface area contributed by atoms with E-state index >= 15 is 0 Å². The Hall–Kier alpha value is -1.89. The van der Waals surface area contributed by atoms with E-state index in [4.69, 9.17) is 9.88 Å². The van der Waals surface area contributed by atoms with E-state index in [0.29, 0.717) is 0 Å². The van der Waals surface area contributed by atoms with E-state index in [9.17, 15) is 8.42 Å². The number of hydrogen-bond acceptors (Lipinski definition) is 4. The number of fused-ring (bicyclic) bond motifs is 1. The lowest BCUT2D eigenvalue weighted by Gasteiger charge is -2.16. The maximum absolute atomic E-state index is 11.2. The van der Waals surface area contributed by atoms with Crippen LogP contribution in [0.2, 0.25) is 0 Å². The number of nitrogens with two attached hydrogens (primary N) is 1. The minimum absolute atomic E-state index is 0.114. The molecule has 2 aromatic carbocycles. The lowest BCUT2D eigenvalue weighted by molar-refractivity contribution is 0.138. The zero-order valence-electron chi connectivity index (χ0n) is 14.6. The third-order valence-electron chi connectivity index (χ3n) is 4.30. The molecule has 2 aromatic rings. The summed E-state index contributed by atoms with van der Waals surface area (Å²) < 4.78 is 28.4. The second kappa shape index (κ2) is 6.78. The molecule has 5 nitrogen and oxygen atoms in total. The molecule has 0 bridgehead atoms. The van der Waals surface area contributed by atoms with E-state index in [1.165, 1.54) is 11.1 Å². The minimum Gasteiger partial charge on any atom is -0.487 e. The molecule has 0 spiro atoms. The summed E-state index contributed by atoms with van der Waals surface area (Å²) in [6.07, 6.45) is 1.76. The van der Waals surface area contributed by atoms with Gasteiger partial charge in [0.15, 0.2) is 0 Å². The van der Waals surface area contributed by atoms with Crippen molar-refractivity contribution in [1.29, 1.82) is 0 Å². The molecule has 0 saturated heterocycles. The fourth-order valence-corrected chi connectivity index (χ4v) is 3.60. The summed E-state index contributed by atoms with van der Waals surface area (Å²) in [4.78, 5) is 0.146. The molecule has 1 heterocycles. The smallest absolute Gasteiger partial charge is 0.238 e. The number of ether oxygens (including phenoxy) is 1. The predicted molar refractivity (Wildman–Crippen MR) is 98.1 cm³/mol. The van der Waals surface area contributed by atoms with Crippen LogP contribution in [0.1, 0.15) is 30.5 Å². The van der Waals surface area contributed by atoms with Crippen molar-refractivity contribution in [2.45, 2.75) is 43.7 Å². The minimum atomic E-state index is -3.62. The Balaban J connectivity index is 1.49. The van der Waals surface area contributed by atoms with E-state index in [1.54, 1.807) is 24.3 Å². The summed E-state index contributed by atoms with van der Waals surface area (Å²) in [5.74, 6) is 0.990. The van der Waals surface area contributed by atoms with Crippen molar-refractivity contribution in [1.82, 2.24) is 5.32 Å². The Morgan fingerprint density at radius 1 is 1.12 bits per heavy atom. The van der Waals surface area contributed by atoms with Gasteiger partial charge in [-0.2, -0.15) is 0 Å². The van der Waals surface area contributed by atoms with Crippen molar-refractivity contribution in [2.75, 3.05) is 6.54 Å². The first-order valence-electron chi connectivity index (χ1n) is 8.36. The number of hydrogen-bond donors (Lipinski definition) is 2. The third-order valence-corrected chi connectivity index (χ3v) is 5.23. The van der Waals surface area contributed by atoms with E-state index in [2.05, 4.69) is 31.3 Å². The topological polar surface area (TPSA) is 81.4 Å². The molecule has 6 heteroatoms. The number of primary sulfonamides is 1. The van der Waals surface area contributed by atoms with Gasteiger partial charge in [-0.3, -0.25) is 0 Å². The fourth-order valence-electron chi connectivity index (χ4n) is 3.08. The van der Waals surface area contributed by atoms with Crippen LogP contribution in [0.5, 0.6) is 5.75 Å². The highest BCUT2D eigenvalue weighted by Gasteiger charge is 2.29. The van der Waals surface area contributed by atoms with Gasteiger partial charge in [0, 0.05) is 13.0 Å². The van der Waals surface area contributed by atoms with Crippen LogP contribution in [-0.2, 0) is 29.4 Å². The van der Waals surface area contributed by atoms with Crippen molar-refractivity contribution in [3.8, 4) is 5.75 Å². The van der Waals surface area contributed by atoms with Crippen LogP contribution >= 0.6 is 0 Å². The molecule has 0 unspecified atom stereocenters. The van der Waals surface area contributed by atoms with Gasteiger partial charge >= 0.3 is 0 Å². The van der Waals surface area contributed by atoms with Crippen molar-refractivity contribution in [3.05, 3.63) is 59.2 Å². The maximum Gasteiger partial charge on any atom is 0.238 e. The summed E-state index contributed by atoms with van der Waals surface area (Å²) in [7, 11) is -3.62. The zero-order valence-corrected chi connectivity index (χ0v) is 15.4. The molecule has 0 fully saturated rings. The van der Waals surface area contributed by atoms with Gasteiger partial charge in [0.25, 0.3) is 0 Å². The number of sulfonamides is 1. The van der Waals surface area contributed by atoms with Gasteiger partial charge < -0.3 is 10.1 Å². The maximum atomic E-state index is 11.2. The highest BCUT2D eigenvalue weighted by Crippen LogP contribution is 2.35. The molecule has 0 atom stereocenters. The van der Waals surface area contributed by atoms with Gasteiger partial charge in [-0.1, -0.05) is 24.3 Å². The van der Waals surface area contributed by atoms with E-state index in [1.807, 2.05) is 6.07 Å². The summed E-state index contributed by atoms with van der Waals surface area (Å²) >= 11 is 0. The second-order valence-corrected chi connectivity index (χ2v) is 8.66. The monoisotopic (exact) mass is 360 g/mol. The van der Waals surface area contributed by atoms with E-state index in [0.717, 1.165) is 37.2 Å². The van der Waals surface area contributed by atoms with Crippen LogP contribution in [0.25, 0.3) is 0 Å². The molecular weight excluding hydrogens is 336 g/mol. The molecule has 25 heavy (non-hydrogen) atoms. The quantitative estimate of drug-likeness (QED) is 0.775. The average Bonchev–Trinajstić information content (AvgIpc) is 2.84. The molecule has 1 aliphatic rings. The normalized spacial score (nSPS) is 15.6. The van der Waals surface area contributed by atoms with Gasteiger partial charge in [-0.25, -0.2) is 13.6 Å². The number of nitrogens with one attached hydrogen (secondary N) is 1. The highest BCUT2D eigenvalue weighted by atomic mass is 32.2. The third kappa shape index (κ3) is 4.60. The second-order valence-electron chi connectivity index (χ2n) is 7.10. The Labute approximate surface area is 149 Å². The first-order valence-corrected chi connectivity index (χ1v) is 9.91. The first-order chi connectivity index (χ1) is 11.7. The molecule has 134 valence electrons. The molecule has 3 rings (SSSR count). The van der Waals surface area contributed by atoms with Gasteiger partial charge in [-0.15, -0.1) is 0 Å². The van der Waals surface area contributed by atoms with Crippen molar-refractivity contribution in [3.63, 3.8) is 0 Å². The largest absolute Gasteiger partial charge is 0.487 e. The van der Waals surface area contributed by atoms with Crippen molar-refractivity contribution < 1.29 is 13.2 Å². The van der Waals surface area contributed by atoms with Crippen LogP contribution in [0.15, 0.2) is 47.4 Å². The molecule has 0 amide bonds. The standard InChI is InChI=1S/C19H24N2O3S/c1-19(2)12-16-11-15(5-8-18(16)24-19)13-21-10-9-14-3-6-17(7-4-14)25(20,22)23/h3-8,11,21H,9-10,12-13H2,1-2H3,(H2,20,22,23). The van der Waals surface area contributed by atoms with Crippen LogP contribution in [0, 0.1) is 0 Å². The number of rotatable bonds is 6.